The molecule has 0 bridgehead atoms. The summed E-state index contributed by atoms with van der Waals surface area (Å²) in [7, 11) is 0. The summed E-state index contributed by atoms with van der Waals surface area (Å²) < 4.78 is 0. The standard InChI is InChI=1S/C13H25N3/c1-3-7-13(8-4-2)10-15-12(14)16(13)9-11-5-6-11/h11H,3-10H2,1-2H3,(H2,14,15). The van der Waals surface area contributed by atoms with Crippen molar-refractivity contribution in [1.82, 2.24) is 4.90 Å². The second kappa shape index (κ2) is 4.64. The van der Waals surface area contributed by atoms with E-state index in [1.807, 2.05) is 0 Å². The van der Waals surface area contributed by atoms with Crippen LogP contribution in [-0.2, 0) is 0 Å². The summed E-state index contributed by atoms with van der Waals surface area (Å²) >= 11 is 0. The molecule has 0 saturated heterocycles. The van der Waals surface area contributed by atoms with Gasteiger partial charge in [-0.25, -0.2) is 0 Å². The van der Waals surface area contributed by atoms with Gasteiger partial charge in [0.1, 0.15) is 0 Å². The van der Waals surface area contributed by atoms with Crippen molar-refractivity contribution in [2.45, 2.75) is 57.9 Å². The molecule has 92 valence electrons. The fourth-order valence-electron chi connectivity index (χ4n) is 2.97. The van der Waals surface area contributed by atoms with E-state index in [1.54, 1.807) is 0 Å². The van der Waals surface area contributed by atoms with Crippen LogP contribution in [0.25, 0.3) is 0 Å². The Hall–Kier alpha value is -0.730. The molecule has 2 rings (SSSR count). The van der Waals surface area contributed by atoms with Gasteiger partial charge in [0.05, 0.1) is 12.1 Å². The minimum Gasteiger partial charge on any atom is -0.370 e. The van der Waals surface area contributed by atoms with Crippen LogP contribution in [0.1, 0.15) is 52.4 Å². The highest BCUT2D eigenvalue weighted by Gasteiger charge is 2.42. The van der Waals surface area contributed by atoms with Crippen LogP contribution in [0.2, 0.25) is 0 Å². The number of nitrogens with two attached hydrogens (primary N) is 1. The SMILES string of the molecule is CCCC1(CCC)CN=C(N)N1CC1CC1. The van der Waals surface area contributed by atoms with E-state index in [1.165, 1.54) is 38.5 Å². The molecular formula is C13H25N3. The van der Waals surface area contributed by atoms with Crippen LogP contribution in [0.5, 0.6) is 0 Å². The Bertz CT molecular complexity index is 262. The fraction of sp³-hybridized carbons (Fsp3) is 0.923. The predicted octanol–water partition coefficient (Wildman–Crippen LogP) is 2.37. The van der Waals surface area contributed by atoms with E-state index in [4.69, 9.17) is 5.73 Å². The average molecular weight is 223 g/mol. The average Bonchev–Trinajstić information content (AvgIpc) is 3.02. The minimum atomic E-state index is 0.260. The second-order valence-electron chi connectivity index (χ2n) is 5.45. The summed E-state index contributed by atoms with van der Waals surface area (Å²) in [4.78, 5) is 6.94. The van der Waals surface area contributed by atoms with Crippen LogP contribution in [0.15, 0.2) is 4.99 Å². The van der Waals surface area contributed by atoms with E-state index in [-0.39, 0.29) is 5.54 Å². The van der Waals surface area contributed by atoms with E-state index < -0.39 is 0 Å². The van der Waals surface area contributed by atoms with Crippen molar-refractivity contribution in [3.8, 4) is 0 Å². The molecule has 0 radical (unpaired) electrons. The molecule has 0 unspecified atom stereocenters. The predicted molar refractivity (Wildman–Crippen MR) is 68.5 cm³/mol. The highest BCUT2D eigenvalue weighted by molar-refractivity contribution is 5.81. The third-order valence-corrected chi connectivity index (χ3v) is 3.95. The van der Waals surface area contributed by atoms with Crippen molar-refractivity contribution in [2.24, 2.45) is 16.6 Å². The Labute approximate surface area is 99.1 Å². The Morgan fingerprint density at radius 2 is 1.94 bits per heavy atom. The molecule has 1 fully saturated rings. The van der Waals surface area contributed by atoms with Gasteiger partial charge in [0.15, 0.2) is 5.96 Å². The molecular weight excluding hydrogens is 198 g/mol. The van der Waals surface area contributed by atoms with Crippen molar-refractivity contribution in [3.63, 3.8) is 0 Å². The number of guanidine groups is 1. The van der Waals surface area contributed by atoms with Crippen LogP contribution >= 0.6 is 0 Å². The summed E-state index contributed by atoms with van der Waals surface area (Å²) in [5.74, 6) is 1.69. The Balaban J connectivity index is 2.08. The van der Waals surface area contributed by atoms with Crippen molar-refractivity contribution < 1.29 is 0 Å². The maximum absolute atomic E-state index is 6.07. The molecule has 3 nitrogen and oxygen atoms in total. The molecule has 0 atom stereocenters. The third-order valence-electron chi connectivity index (χ3n) is 3.95. The normalized spacial score (nSPS) is 23.6. The molecule has 0 aromatic rings. The minimum absolute atomic E-state index is 0.260. The number of hydrogen-bond donors (Lipinski definition) is 1. The lowest BCUT2D eigenvalue weighted by molar-refractivity contribution is 0.163. The molecule has 0 spiro atoms. The summed E-state index contributed by atoms with van der Waals surface area (Å²) in [5.41, 5.74) is 6.33. The largest absolute Gasteiger partial charge is 0.370 e. The van der Waals surface area contributed by atoms with Gasteiger partial charge in [-0.05, 0) is 31.6 Å². The van der Waals surface area contributed by atoms with Crippen LogP contribution in [0.3, 0.4) is 0 Å². The first-order chi connectivity index (χ1) is 7.72. The zero-order valence-corrected chi connectivity index (χ0v) is 10.7. The molecule has 0 aromatic heterocycles. The van der Waals surface area contributed by atoms with Crippen molar-refractivity contribution in [3.05, 3.63) is 0 Å². The van der Waals surface area contributed by atoms with Gasteiger partial charge < -0.3 is 10.6 Å². The first-order valence-electron chi connectivity index (χ1n) is 6.79. The quantitative estimate of drug-likeness (QED) is 0.751. The van der Waals surface area contributed by atoms with Crippen LogP contribution in [0.4, 0.5) is 0 Å². The van der Waals surface area contributed by atoms with Gasteiger partial charge in [-0.2, -0.15) is 0 Å². The van der Waals surface area contributed by atoms with Gasteiger partial charge in [-0.15, -0.1) is 0 Å². The van der Waals surface area contributed by atoms with Crippen molar-refractivity contribution >= 4 is 5.96 Å². The maximum Gasteiger partial charge on any atom is 0.191 e. The maximum atomic E-state index is 6.07. The molecule has 0 aromatic carbocycles. The second-order valence-corrected chi connectivity index (χ2v) is 5.45. The zero-order valence-electron chi connectivity index (χ0n) is 10.7. The van der Waals surface area contributed by atoms with Crippen LogP contribution < -0.4 is 5.73 Å². The first kappa shape index (κ1) is 11.7. The highest BCUT2D eigenvalue weighted by Crippen LogP contribution is 2.37. The van der Waals surface area contributed by atoms with Gasteiger partial charge in [-0.3, -0.25) is 4.99 Å². The van der Waals surface area contributed by atoms with Gasteiger partial charge in [0.2, 0.25) is 0 Å². The fourth-order valence-corrected chi connectivity index (χ4v) is 2.97. The van der Waals surface area contributed by atoms with Gasteiger partial charge in [0.25, 0.3) is 0 Å². The van der Waals surface area contributed by atoms with E-state index >= 15 is 0 Å². The highest BCUT2D eigenvalue weighted by atomic mass is 15.4. The van der Waals surface area contributed by atoms with E-state index in [0.717, 1.165) is 25.0 Å². The smallest absolute Gasteiger partial charge is 0.191 e. The molecule has 1 saturated carbocycles. The lowest BCUT2D eigenvalue weighted by atomic mass is 9.87. The topological polar surface area (TPSA) is 41.6 Å². The van der Waals surface area contributed by atoms with Gasteiger partial charge in [-0.1, -0.05) is 26.7 Å². The summed E-state index contributed by atoms with van der Waals surface area (Å²) in [6, 6.07) is 0. The number of aliphatic imine (C=N–C) groups is 1. The number of hydrogen-bond acceptors (Lipinski definition) is 3. The van der Waals surface area contributed by atoms with Gasteiger partial charge in [0, 0.05) is 6.54 Å². The lowest BCUT2D eigenvalue weighted by Crippen LogP contribution is -2.52. The summed E-state index contributed by atoms with van der Waals surface area (Å²) in [5, 5.41) is 0. The molecule has 0 amide bonds. The molecule has 1 aliphatic carbocycles. The summed E-state index contributed by atoms with van der Waals surface area (Å²) in [6.45, 7) is 6.60. The summed E-state index contributed by atoms with van der Waals surface area (Å²) in [6.07, 6.45) is 7.69. The third kappa shape index (κ3) is 2.18. The van der Waals surface area contributed by atoms with E-state index in [0.29, 0.717) is 0 Å². The van der Waals surface area contributed by atoms with Crippen molar-refractivity contribution in [1.29, 1.82) is 0 Å². The molecule has 1 aliphatic heterocycles. The monoisotopic (exact) mass is 223 g/mol. The zero-order chi connectivity index (χ0) is 11.6. The molecule has 2 aliphatic rings. The first-order valence-corrected chi connectivity index (χ1v) is 6.79. The molecule has 3 heteroatoms. The van der Waals surface area contributed by atoms with E-state index in [2.05, 4.69) is 23.7 Å². The molecule has 16 heavy (non-hydrogen) atoms. The van der Waals surface area contributed by atoms with Crippen molar-refractivity contribution in [2.75, 3.05) is 13.1 Å². The van der Waals surface area contributed by atoms with Gasteiger partial charge >= 0.3 is 0 Å². The number of nitrogens with zero attached hydrogens (tertiary/aromatic N) is 2. The molecule has 1 heterocycles. The Kier molecular flexibility index (Phi) is 3.41. The lowest BCUT2D eigenvalue weighted by Gasteiger charge is -2.39. The number of rotatable bonds is 6. The van der Waals surface area contributed by atoms with Crippen LogP contribution in [0, 0.1) is 5.92 Å². The Morgan fingerprint density at radius 3 is 2.44 bits per heavy atom. The molecule has 2 N–H and O–H groups in total. The van der Waals surface area contributed by atoms with Crippen LogP contribution in [-0.4, -0.2) is 29.5 Å². The Morgan fingerprint density at radius 1 is 1.31 bits per heavy atom. The van der Waals surface area contributed by atoms with E-state index in [9.17, 15) is 0 Å².